The summed E-state index contributed by atoms with van der Waals surface area (Å²) < 4.78 is 4.12. The van der Waals surface area contributed by atoms with Crippen LogP contribution in [-0.2, 0) is 38.3 Å². The first-order valence-corrected chi connectivity index (χ1v) is 18.1. The number of aliphatic hydroxyl groups excluding tert-OH is 3. The fraction of sp³-hybridized carbons (Fsp3) is 0.645. The molecule has 0 aromatic heterocycles. The Morgan fingerprint density at radius 1 is 1.02 bits per heavy atom. The molecule has 54 heavy (non-hydrogen) atoms. The third kappa shape index (κ3) is 12.9. The quantitative estimate of drug-likeness (QED) is 0.0515. The van der Waals surface area contributed by atoms with Crippen LogP contribution in [0.1, 0.15) is 52.9 Å². The Bertz CT molecular complexity index is 1510. The summed E-state index contributed by atoms with van der Waals surface area (Å²) in [6.07, 6.45) is -8.92. The van der Waals surface area contributed by atoms with Crippen LogP contribution in [0, 0.1) is 11.8 Å². The molecule has 0 saturated heterocycles. The van der Waals surface area contributed by atoms with Gasteiger partial charge in [0.05, 0.1) is 6.10 Å². The molecule has 304 valence electrons. The predicted octanol–water partition coefficient (Wildman–Crippen LogP) is -1.95. The minimum Gasteiger partial charge on any atom is -0.491 e. The van der Waals surface area contributed by atoms with Crippen molar-refractivity contribution in [1.29, 1.82) is 0 Å². The molecule has 19 nitrogen and oxygen atoms in total. The summed E-state index contributed by atoms with van der Waals surface area (Å²) in [7, 11) is 0. The number of hydrogen-bond donors (Lipinski definition) is 11. The van der Waals surface area contributed by atoms with E-state index in [0.717, 1.165) is 0 Å². The maximum absolute atomic E-state index is 14.1. The van der Waals surface area contributed by atoms with Crippen LogP contribution in [0.5, 0.6) is 0 Å². The molecule has 0 spiro atoms. The largest absolute Gasteiger partial charge is 0.491 e. The third-order valence-electron chi connectivity index (χ3n) is 8.47. The number of carboxylic acid groups (broad SMARTS) is 1. The van der Waals surface area contributed by atoms with Crippen molar-refractivity contribution in [2.75, 3.05) is 6.54 Å². The lowest BCUT2D eigenvalue weighted by Crippen LogP contribution is -2.63. The SMILES string of the molecule is CC(C)C1OC2=C(CC(C(=O)O)NC(=O)C(=CCl)NC(=O)C1NC(=O)C(NC(=O)C(CC(C)C(Cl)(Cl)Cl)NC(=O)C(O)O)C(O)CCCN)C(=O)C(O)C2. The van der Waals surface area contributed by atoms with Gasteiger partial charge >= 0.3 is 5.97 Å². The highest BCUT2D eigenvalue weighted by Crippen LogP contribution is 2.37. The zero-order chi connectivity index (χ0) is 41.2. The van der Waals surface area contributed by atoms with E-state index in [4.69, 9.17) is 56.9 Å². The van der Waals surface area contributed by atoms with Gasteiger partial charge in [-0.3, -0.25) is 28.8 Å². The zero-order valence-corrected chi connectivity index (χ0v) is 32.2. The van der Waals surface area contributed by atoms with Crippen LogP contribution in [0.15, 0.2) is 22.6 Å². The molecule has 0 aromatic rings. The highest BCUT2D eigenvalue weighted by atomic mass is 35.6. The summed E-state index contributed by atoms with van der Waals surface area (Å²) in [5, 5.41) is 61.0. The van der Waals surface area contributed by atoms with Crippen LogP contribution in [0.3, 0.4) is 0 Å². The van der Waals surface area contributed by atoms with Gasteiger partial charge in [-0.2, -0.15) is 0 Å². The van der Waals surface area contributed by atoms with Crippen molar-refractivity contribution in [3.05, 3.63) is 22.6 Å². The molecule has 0 fully saturated rings. The number of rotatable bonds is 14. The maximum atomic E-state index is 14.1. The second-order valence-electron chi connectivity index (χ2n) is 13.0. The van der Waals surface area contributed by atoms with E-state index in [-0.39, 0.29) is 30.7 Å². The highest BCUT2D eigenvalue weighted by Gasteiger charge is 2.44. The van der Waals surface area contributed by atoms with Crippen LogP contribution < -0.4 is 32.3 Å². The molecular weight excluding hydrogens is 806 g/mol. The molecule has 0 saturated carbocycles. The average molecular weight is 851 g/mol. The number of carboxylic acids is 1. The Morgan fingerprint density at radius 3 is 2.17 bits per heavy atom. The van der Waals surface area contributed by atoms with E-state index < -0.39 is 131 Å². The number of halogens is 4. The minimum absolute atomic E-state index is 0.0435. The highest BCUT2D eigenvalue weighted by molar-refractivity contribution is 6.67. The second kappa shape index (κ2) is 20.6. The molecular formula is C31H44Cl4N6O13. The van der Waals surface area contributed by atoms with E-state index in [1.807, 2.05) is 0 Å². The first-order chi connectivity index (χ1) is 25.0. The van der Waals surface area contributed by atoms with Crippen molar-refractivity contribution in [2.45, 2.75) is 105 Å². The van der Waals surface area contributed by atoms with Gasteiger partial charge in [-0.1, -0.05) is 67.2 Å². The molecule has 0 radical (unpaired) electrons. The summed E-state index contributed by atoms with van der Waals surface area (Å²) in [6.45, 7) is 4.53. The number of nitrogens with two attached hydrogens (primary N) is 1. The molecule has 1 aliphatic heterocycles. The number of carbonyl (C=O) groups is 7. The molecule has 2 rings (SSSR count). The first-order valence-electron chi connectivity index (χ1n) is 16.5. The molecule has 2 aliphatic rings. The number of ether oxygens (including phenoxy) is 1. The van der Waals surface area contributed by atoms with Crippen molar-refractivity contribution in [3.8, 4) is 0 Å². The lowest BCUT2D eigenvalue weighted by atomic mass is 9.96. The molecule has 1 heterocycles. The summed E-state index contributed by atoms with van der Waals surface area (Å²) >= 11 is 23.7. The van der Waals surface area contributed by atoms with E-state index >= 15 is 0 Å². The van der Waals surface area contributed by atoms with Crippen molar-refractivity contribution in [3.63, 3.8) is 0 Å². The number of ketones is 1. The molecule has 8 atom stereocenters. The summed E-state index contributed by atoms with van der Waals surface area (Å²) in [5.74, 6) is -10.5. The van der Waals surface area contributed by atoms with Crippen LogP contribution in [0.25, 0.3) is 0 Å². The zero-order valence-electron chi connectivity index (χ0n) is 29.2. The van der Waals surface area contributed by atoms with E-state index in [2.05, 4.69) is 26.6 Å². The van der Waals surface area contributed by atoms with Crippen molar-refractivity contribution < 1.29 is 63.8 Å². The minimum atomic E-state index is -2.57. The number of hydrogen-bond acceptors (Lipinski definition) is 13. The van der Waals surface area contributed by atoms with Crippen LogP contribution in [0.4, 0.5) is 0 Å². The van der Waals surface area contributed by atoms with Gasteiger partial charge in [0.2, 0.25) is 18.1 Å². The number of aliphatic hydroxyl groups is 4. The fourth-order valence-electron chi connectivity index (χ4n) is 5.39. The summed E-state index contributed by atoms with van der Waals surface area (Å²) in [5.41, 5.74) is 5.22. The van der Waals surface area contributed by atoms with Crippen LogP contribution in [0.2, 0.25) is 0 Å². The standard InChI is InChI=1S/C31H44Cl4N6O13/c1-11(2)23-21(27(48)39-16(10-32)25(46)38-15(29(50)51)8-13-19(54-23)9-18(43)22(13)44)41-26(47)20(17(42)5-4-6-36)40-24(45)14(37-28(49)30(52)53)7-12(3)31(33,34)35/h10-12,14-15,17-18,20-21,23,30,42-43,52-53H,4-9,36H2,1-3H3,(H,37,49)(H,38,46)(H,39,48)(H,40,45)(H,41,47)(H,50,51). The van der Waals surface area contributed by atoms with Crippen LogP contribution >= 0.6 is 46.4 Å². The summed E-state index contributed by atoms with van der Waals surface area (Å²) in [6, 6.07) is -7.15. The number of aliphatic carboxylic acids is 1. The number of carbonyl (C=O) groups excluding carboxylic acids is 6. The van der Waals surface area contributed by atoms with Crippen molar-refractivity contribution in [2.24, 2.45) is 17.6 Å². The molecule has 12 N–H and O–H groups in total. The van der Waals surface area contributed by atoms with Crippen molar-refractivity contribution >= 4 is 87.7 Å². The van der Waals surface area contributed by atoms with Gasteiger partial charge in [0.25, 0.3) is 17.7 Å². The van der Waals surface area contributed by atoms with Gasteiger partial charge in [0, 0.05) is 29.9 Å². The third-order valence-corrected chi connectivity index (χ3v) is 9.80. The van der Waals surface area contributed by atoms with E-state index in [0.29, 0.717) is 5.54 Å². The molecule has 0 aromatic carbocycles. The Balaban J connectivity index is 2.65. The van der Waals surface area contributed by atoms with E-state index in [9.17, 15) is 59.1 Å². The Morgan fingerprint density at radius 2 is 1.65 bits per heavy atom. The monoisotopic (exact) mass is 848 g/mol. The first kappa shape index (κ1) is 46.9. The number of nitrogens with one attached hydrogen (secondary N) is 5. The maximum Gasteiger partial charge on any atom is 0.326 e. The number of amides is 5. The van der Waals surface area contributed by atoms with E-state index in [1.54, 1.807) is 13.8 Å². The summed E-state index contributed by atoms with van der Waals surface area (Å²) in [4.78, 5) is 91.8. The fourth-order valence-corrected chi connectivity index (χ4v) is 5.81. The molecule has 1 aliphatic carbocycles. The molecule has 8 unspecified atom stereocenters. The van der Waals surface area contributed by atoms with E-state index in [1.165, 1.54) is 6.92 Å². The smallest absolute Gasteiger partial charge is 0.326 e. The molecule has 0 bridgehead atoms. The normalized spacial score (nSPS) is 24.3. The Hall–Kier alpha value is -3.27. The second-order valence-corrected chi connectivity index (χ2v) is 15.6. The average Bonchev–Trinajstić information content (AvgIpc) is 3.34. The molecule has 23 heteroatoms. The van der Waals surface area contributed by atoms with Gasteiger partial charge in [0.15, 0.2) is 9.58 Å². The number of Topliss-reactive ketones (excluding diaryl/α,β-unsaturated/α-hetero) is 1. The van der Waals surface area contributed by atoms with Crippen molar-refractivity contribution in [1.82, 2.24) is 26.6 Å². The Labute approximate surface area is 329 Å². The lowest BCUT2D eigenvalue weighted by Gasteiger charge is -2.34. The molecule has 5 amide bonds. The van der Waals surface area contributed by atoms with Gasteiger partial charge < -0.3 is 62.6 Å². The predicted molar refractivity (Wildman–Crippen MR) is 191 cm³/mol. The van der Waals surface area contributed by atoms with Gasteiger partial charge in [-0.05, 0) is 31.7 Å². The Kier molecular flexibility index (Phi) is 17.9. The number of alkyl halides is 3. The topological polar surface area (TPSA) is 316 Å². The van der Waals surface area contributed by atoms with Gasteiger partial charge in [-0.25, -0.2) is 4.79 Å². The van der Waals surface area contributed by atoms with Gasteiger partial charge in [0.1, 0.15) is 47.8 Å². The van der Waals surface area contributed by atoms with Crippen LogP contribution in [-0.4, -0.2) is 126 Å². The lowest BCUT2D eigenvalue weighted by molar-refractivity contribution is -0.150. The van der Waals surface area contributed by atoms with Gasteiger partial charge in [-0.15, -0.1) is 0 Å².